The quantitative estimate of drug-likeness (QED) is 0.778. The Morgan fingerprint density at radius 1 is 1.50 bits per heavy atom. The number of nitrogens with two attached hydrogens (primary N) is 1. The highest BCUT2D eigenvalue weighted by Crippen LogP contribution is 2.40. The fourth-order valence-corrected chi connectivity index (χ4v) is 2.42. The van der Waals surface area contributed by atoms with E-state index in [2.05, 4.69) is 41.2 Å². The van der Waals surface area contributed by atoms with Gasteiger partial charge in [0.1, 0.15) is 10.4 Å². The van der Waals surface area contributed by atoms with Crippen molar-refractivity contribution in [3.05, 3.63) is 22.7 Å². The first-order chi connectivity index (χ1) is 9.63. The maximum atomic E-state index is 5.72. The summed E-state index contributed by atoms with van der Waals surface area (Å²) < 4.78 is 0.802. The van der Waals surface area contributed by atoms with Crippen LogP contribution in [0, 0.1) is 0 Å². The van der Waals surface area contributed by atoms with Crippen molar-refractivity contribution >= 4 is 21.9 Å². The van der Waals surface area contributed by atoms with E-state index in [1.54, 1.807) is 6.20 Å². The number of aromatic amines is 1. The Hall–Kier alpha value is -1.47. The van der Waals surface area contributed by atoms with E-state index < -0.39 is 0 Å². The first kappa shape index (κ1) is 13.5. The molecule has 7 heteroatoms. The summed E-state index contributed by atoms with van der Waals surface area (Å²) in [7, 11) is 0. The Bertz CT molecular complexity index is 605. The SMILES string of the molecule is C[C@H](N)CNc1nccc(-c2[nH]c(C3CC3)nc2Br)n1. The molecule has 106 valence electrons. The van der Waals surface area contributed by atoms with Crippen molar-refractivity contribution in [3.8, 4) is 11.4 Å². The third-order valence-corrected chi connectivity index (χ3v) is 3.71. The molecule has 0 amide bonds. The molecule has 0 bridgehead atoms. The van der Waals surface area contributed by atoms with Gasteiger partial charge in [-0.05, 0) is 41.8 Å². The van der Waals surface area contributed by atoms with Crippen molar-refractivity contribution in [2.24, 2.45) is 5.73 Å². The normalized spacial score (nSPS) is 16.1. The van der Waals surface area contributed by atoms with Crippen LogP contribution < -0.4 is 11.1 Å². The van der Waals surface area contributed by atoms with Gasteiger partial charge in [0.2, 0.25) is 5.95 Å². The molecule has 0 aromatic carbocycles. The first-order valence-electron chi connectivity index (χ1n) is 6.71. The number of hydrogen-bond donors (Lipinski definition) is 3. The van der Waals surface area contributed by atoms with Crippen LogP contribution in [-0.4, -0.2) is 32.5 Å². The summed E-state index contributed by atoms with van der Waals surface area (Å²) in [5, 5.41) is 3.12. The minimum atomic E-state index is 0.0580. The fourth-order valence-electron chi connectivity index (χ4n) is 1.92. The van der Waals surface area contributed by atoms with E-state index in [1.165, 1.54) is 12.8 Å². The molecular weight excluding hydrogens is 320 g/mol. The molecule has 0 aliphatic heterocycles. The highest BCUT2D eigenvalue weighted by molar-refractivity contribution is 9.10. The topological polar surface area (TPSA) is 92.5 Å². The van der Waals surface area contributed by atoms with Gasteiger partial charge in [-0.1, -0.05) is 0 Å². The molecule has 20 heavy (non-hydrogen) atoms. The molecule has 1 saturated carbocycles. The van der Waals surface area contributed by atoms with E-state index in [0.717, 1.165) is 21.8 Å². The molecule has 0 spiro atoms. The van der Waals surface area contributed by atoms with E-state index in [1.807, 2.05) is 13.0 Å². The Kier molecular flexibility index (Phi) is 3.71. The number of rotatable bonds is 5. The van der Waals surface area contributed by atoms with E-state index in [4.69, 9.17) is 5.73 Å². The van der Waals surface area contributed by atoms with Crippen LogP contribution in [0.25, 0.3) is 11.4 Å². The van der Waals surface area contributed by atoms with E-state index in [9.17, 15) is 0 Å². The summed E-state index contributed by atoms with van der Waals surface area (Å²) in [5.41, 5.74) is 7.43. The van der Waals surface area contributed by atoms with Gasteiger partial charge < -0.3 is 16.0 Å². The second-order valence-corrected chi connectivity index (χ2v) is 5.94. The maximum Gasteiger partial charge on any atom is 0.223 e. The number of halogens is 1. The molecule has 0 saturated heterocycles. The predicted molar refractivity (Wildman–Crippen MR) is 81.4 cm³/mol. The smallest absolute Gasteiger partial charge is 0.223 e. The van der Waals surface area contributed by atoms with Gasteiger partial charge in [0.25, 0.3) is 0 Å². The third kappa shape index (κ3) is 2.99. The van der Waals surface area contributed by atoms with Crippen LogP contribution in [0.1, 0.15) is 31.5 Å². The molecule has 0 unspecified atom stereocenters. The zero-order chi connectivity index (χ0) is 14.1. The van der Waals surface area contributed by atoms with Crippen LogP contribution in [0.2, 0.25) is 0 Å². The lowest BCUT2D eigenvalue weighted by molar-refractivity contribution is 0.773. The Balaban J connectivity index is 1.84. The van der Waals surface area contributed by atoms with Gasteiger partial charge in [-0.15, -0.1) is 0 Å². The van der Waals surface area contributed by atoms with Gasteiger partial charge in [-0.25, -0.2) is 15.0 Å². The summed E-state index contributed by atoms with van der Waals surface area (Å²) in [6.45, 7) is 2.57. The standard InChI is InChI=1S/C13H17BrN6/c1-7(15)6-17-13-16-5-4-9(18-13)10-11(14)20-12(19-10)8-2-3-8/h4-5,7-8H,2-3,6,15H2,1H3,(H,19,20)(H,16,17,18)/t7-/m0/s1. The minimum absolute atomic E-state index is 0.0580. The van der Waals surface area contributed by atoms with Gasteiger partial charge >= 0.3 is 0 Å². The zero-order valence-electron chi connectivity index (χ0n) is 11.2. The number of aromatic nitrogens is 4. The van der Waals surface area contributed by atoms with Crippen molar-refractivity contribution < 1.29 is 0 Å². The fraction of sp³-hybridized carbons (Fsp3) is 0.462. The van der Waals surface area contributed by atoms with Crippen molar-refractivity contribution in [1.29, 1.82) is 0 Å². The lowest BCUT2D eigenvalue weighted by Crippen LogP contribution is -2.25. The second-order valence-electron chi connectivity index (χ2n) is 5.19. The number of nitrogens with zero attached hydrogens (tertiary/aromatic N) is 3. The monoisotopic (exact) mass is 336 g/mol. The average Bonchev–Trinajstić information content (AvgIpc) is 3.20. The molecule has 4 N–H and O–H groups in total. The molecule has 6 nitrogen and oxygen atoms in total. The number of nitrogens with one attached hydrogen (secondary N) is 2. The van der Waals surface area contributed by atoms with Crippen LogP contribution in [0.4, 0.5) is 5.95 Å². The maximum absolute atomic E-state index is 5.72. The van der Waals surface area contributed by atoms with Crippen molar-refractivity contribution in [3.63, 3.8) is 0 Å². The summed E-state index contributed by atoms with van der Waals surface area (Å²) in [6.07, 6.45) is 4.16. The zero-order valence-corrected chi connectivity index (χ0v) is 12.8. The second kappa shape index (κ2) is 5.49. The molecule has 1 atom stereocenters. The largest absolute Gasteiger partial charge is 0.353 e. The molecular formula is C13H17BrN6. The van der Waals surface area contributed by atoms with E-state index in [0.29, 0.717) is 18.4 Å². The first-order valence-corrected chi connectivity index (χ1v) is 7.51. The molecule has 2 aromatic rings. The van der Waals surface area contributed by atoms with Gasteiger partial charge in [0, 0.05) is 24.7 Å². The van der Waals surface area contributed by atoms with Gasteiger partial charge in [-0.2, -0.15) is 0 Å². The molecule has 1 fully saturated rings. The molecule has 2 aromatic heterocycles. The van der Waals surface area contributed by atoms with Crippen molar-refractivity contribution in [1.82, 2.24) is 19.9 Å². The lowest BCUT2D eigenvalue weighted by Gasteiger charge is -2.08. The highest BCUT2D eigenvalue weighted by atomic mass is 79.9. The van der Waals surface area contributed by atoms with E-state index in [-0.39, 0.29) is 6.04 Å². The van der Waals surface area contributed by atoms with Crippen LogP contribution >= 0.6 is 15.9 Å². The van der Waals surface area contributed by atoms with Crippen molar-refractivity contribution in [2.75, 3.05) is 11.9 Å². The predicted octanol–water partition coefficient (Wildman–Crippen LogP) is 2.27. The van der Waals surface area contributed by atoms with Gasteiger partial charge in [0.05, 0.1) is 11.4 Å². The van der Waals surface area contributed by atoms with Crippen LogP contribution in [0.3, 0.4) is 0 Å². The Morgan fingerprint density at radius 3 is 3.00 bits per heavy atom. The number of hydrogen-bond acceptors (Lipinski definition) is 5. The average molecular weight is 337 g/mol. The molecule has 2 heterocycles. The summed E-state index contributed by atoms with van der Waals surface area (Å²) in [5.74, 6) is 2.20. The number of H-pyrrole nitrogens is 1. The van der Waals surface area contributed by atoms with Crippen molar-refractivity contribution in [2.45, 2.75) is 31.7 Å². The number of imidazole rings is 1. The Morgan fingerprint density at radius 2 is 2.30 bits per heavy atom. The highest BCUT2D eigenvalue weighted by Gasteiger charge is 2.28. The van der Waals surface area contributed by atoms with Gasteiger partial charge in [0.15, 0.2) is 0 Å². The number of anilines is 1. The summed E-state index contributed by atoms with van der Waals surface area (Å²) >= 11 is 3.49. The molecule has 1 aliphatic carbocycles. The molecule has 3 rings (SSSR count). The molecule has 1 aliphatic rings. The van der Waals surface area contributed by atoms with Crippen LogP contribution in [0.15, 0.2) is 16.9 Å². The Labute approximate surface area is 125 Å². The van der Waals surface area contributed by atoms with Crippen LogP contribution in [0.5, 0.6) is 0 Å². The minimum Gasteiger partial charge on any atom is -0.353 e. The van der Waals surface area contributed by atoms with Gasteiger partial charge in [-0.3, -0.25) is 0 Å². The van der Waals surface area contributed by atoms with E-state index >= 15 is 0 Å². The van der Waals surface area contributed by atoms with Crippen LogP contribution in [-0.2, 0) is 0 Å². The lowest BCUT2D eigenvalue weighted by atomic mass is 10.3. The third-order valence-electron chi connectivity index (χ3n) is 3.14. The summed E-state index contributed by atoms with van der Waals surface area (Å²) in [6, 6.07) is 1.93. The molecule has 0 radical (unpaired) electrons. The summed E-state index contributed by atoms with van der Waals surface area (Å²) in [4.78, 5) is 16.5.